The first-order valence-electron chi connectivity index (χ1n) is 5.57. The van der Waals surface area contributed by atoms with Crippen molar-refractivity contribution in [2.24, 2.45) is 0 Å². The highest BCUT2D eigenvalue weighted by atomic mass is 35.5. The van der Waals surface area contributed by atoms with E-state index < -0.39 is 17.7 Å². The Bertz CT molecular complexity index is 688. The van der Waals surface area contributed by atoms with Gasteiger partial charge in [-0.2, -0.15) is 0 Å². The van der Waals surface area contributed by atoms with Crippen LogP contribution in [-0.4, -0.2) is 17.0 Å². The van der Waals surface area contributed by atoms with Crippen LogP contribution in [0.1, 0.15) is 20.7 Å². The van der Waals surface area contributed by atoms with Crippen molar-refractivity contribution in [3.05, 3.63) is 64.4 Å². The Morgan fingerprint density at radius 3 is 2.55 bits per heavy atom. The zero-order chi connectivity index (χ0) is 14.7. The zero-order valence-corrected chi connectivity index (χ0v) is 10.8. The number of nitrogens with one attached hydrogen (secondary N) is 1. The lowest BCUT2D eigenvalue weighted by Crippen LogP contribution is -2.12. The molecular weight excluding hydrogens is 285 g/mol. The number of amides is 1. The molecule has 2 aromatic rings. The fourth-order valence-corrected chi connectivity index (χ4v) is 1.80. The third-order valence-electron chi connectivity index (χ3n) is 2.54. The van der Waals surface area contributed by atoms with Crippen LogP contribution in [0.2, 0.25) is 5.02 Å². The zero-order valence-electron chi connectivity index (χ0n) is 10.1. The number of carbonyl (C=O) groups excluding carboxylic acids is 1. The molecule has 0 spiro atoms. The van der Waals surface area contributed by atoms with Gasteiger partial charge in [-0.1, -0.05) is 17.7 Å². The Hall–Kier alpha value is -2.40. The molecule has 20 heavy (non-hydrogen) atoms. The number of anilines is 1. The van der Waals surface area contributed by atoms with Gasteiger partial charge in [-0.05, 0) is 36.4 Å². The molecule has 0 heterocycles. The van der Waals surface area contributed by atoms with Crippen molar-refractivity contribution in [2.45, 2.75) is 0 Å². The second kappa shape index (κ2) is 5.71. The van der Waals surface area contributed by atoms with E-state index in [1.165, 1.54) is 36.4 Å². The predicted molar refractivity (Wildman–Crippen MR) is 72.8 cm³/mol. The van der Waals surface area contributed by atoms with Crippen molar-refractivity contribution in [2.75, 3.05) is 5.32 Å². The van der Waals surface area contributed by atoms with Crippen LogP contribution in [0.15, 0.2) is 42.5 Å². The van der Waals surface area contributed by atoms with Gasteiger partial charge in [0.2, 0.25) is 0 Å². The van der Waals surface area contributed by atoms with Gasteiger partial charge >= 0.3 is 5.97 Å². The van der Waals surface area contributed by atoms with E-state index in [1.807, 2.05) is 0 Å². The molecular formula is C14H9ClFNO3. The number of hydrogen-bond acceptors (Lipinski definition) is 2. The van der Waals surface area contributed by atoms with Crippen molar-refractivity contribution in [3.8, 4) is 0 Å². The van der Waals surface area contributed by atoms with Gasteiger partial charge in [0.05, 0.1) is 10.6 Å². The Labute approximate surface area is 118 Å². The van der Waals surface area contributed by atoms with Gasteiger partial charge < -0.3 is 10.4 Å². The molecule has 102 valence electrons. The van der Waals surface area contributed by atoms with Crippen molar-refractivity contribution in [1.82, 2.24) is 0 Å². The number of carboxylic acid groups (broad SMARTS) is 1. The standard InChI is InChI=1S/C14H9ClFNO3/c15-12-5-4-10(7-11(12)14(19)20)17-13(18)8-2-1-3-9(16)6-8/h1-7H,(H,17,18)(H,19,20). The van der Waals surface area contributed by atoms with E-state index in [1.54, 1.807) is 0 Å². The van der Waals surface area contributed by atoms with Crippen LogP contribution in [0.5, 0.6) is 0 Å². The summed E-state index contributed by atoms with van der Waals surface area (Å²) in [6, 6.07) is 9.24. The van der Waals surface area contributed by atoms with Crippen LogP contribution in [0.3, 0.4) is 0 Å². The van der Waals surface area contributed by atoms with E-state index in [-0.39, 0.29) is 21.8 Å². The summed E-state index contributed by atoms with van der Waals surface area (Å²) in [6.07, 6.45) is 0. The molecule has 0 saturated carbocycles. The summed E-state index contributed by atoms with van der Waals surface area (Å²) in [5.41, 5.74) is 0.279. The van der Waals surface area contributed by atoms with Gasteiger partial charge in [0, 0.05) is 11.3 Å². The Morgan fingerprint density at radius 1 is 1.15 bits per heavy atom. The maximum atomic E-state index is 13.0. The molecule has 0 saturated heterocycles. The molecule has 0 aliphatic carbocycles. The van der Waals surface area contributed by atoms with Gasteiger partial charge in [-0.25, -0.2) is 9.18 Å². The highest BCUT2D eigenvalue weighted by Crippen LogP contribution is 2.21. The minimum Gasteiger partial charge on any atom is -0.478 e. The molecule has 0 bridgehead atoms. The SMILES string of the molecule is O=C(Nc1ccc(Cl)c(C(=O)O)c1)c1cccc(F)c1. The van der Waals surface area contributed by atoms with Crippen molar-refractivity contribution in [3.63, 3.8) is 0 Å². The topological polar surface area (TPSA) is 66.4 Å². The normalized spacial score (nSPS) is 10.1. The molecule has 0 aliphatic heterocycles. The number of carbonyl (C=O) groups is 2. The average Bonchev–Trinajstić information content (AvgIpc) is 2.40. The number of rotatable bonds is 3. The summed E-state index contributed by atoms with van der Waals surface area (Å²) in [6.45, 7) is 0. The third kappa shape index (κ3) is 3.13. The molecule has 2 aromatic carbocycles. The Kier molecular flexibility index (Phi) is 4.00. The van der Waals surface area contributed by atoms with Crippen LogP contribution in [0.25, 0.3) is 0 Å². The van der Waals surface area contributed by atoms with E-state index in [0.29, 0.717) is 0 Å². The van der Waals surface area contributed by atoms with Gasteiger partial charge in [0.25, 0.3) is 5.91 Å². The molecule has 0 aromatic heterocycles. The lowest BCUT2D eigenvalue weighted by molar-refractivity contribution is 0.0696. The monoisotopic (exact) mass is 293 g/mol. The fourth-order valence-electron chi connectivity index (χ4n) is 1.60. The maximum Gasteiger partial charge on any atom is 0.337 e. The largest absolute Gasteiger partial charge is 0.478 e. The first-order valence-corrected chi connectivity index (χ1v) is 5.95. The van der Waals surface area contributed by atoms with E-state index in [4.69, 9.17) is 16.7 Å². The predicted octanol–water partition coefficient (Wildman–Crippen LogP) is 3.43. The van der Waals surface area contributed by atoms with Crippen LogP contribution >= 0.6 is 11.6 Å². The summed E-state index contributed by atoms with van der Waals surface area (Å²) < 4.78 is 13.0. The van der Waals surface area contributed by atoms with Gasteiger partial charge in [-0.3, -0.25) is 4.79 Å². The second-order valence-corrected chi connectivity index (χ2v) is 4.37. The number of benzene rings is 2. The quantitative estimate of drug-likeness (QED) is 0.911. The molecule has 0 aliphatic rings. The van der Waals surface area contributed by atoms with Crippen LogP contribution in [0.4, 0.5) is 10.1 Å². The summed E-state index contributed by atoms with van der Waals surface area (Å²) in [4.78, 5) is 22.8. The smallest absolute Gasteiger partial charge is 0.337 e. The molecule has 6 heteroatoms. The minimum absolute atomic E-state index is 0.0706. The van der Waals surface area contributed by atoms with Gasteiger partial charge in [0.1, 0.15) is 5.82 Å². The van der Waals surface area contributed by atoms with Crippen LogP contribution < -0.4 is 5.32 Å². The molecule has 4 nitrogen and oxygen atoms in total. The number of halogens is 2. The Morgan fingerprint density at radius 2 is 1.90 bits per heavy atom. The van der Waals surface area contributed by atoms with E-state index in [0.717, 1.165) is 6.07 Å². The molecule has 0 atom stereocenters. The van der Waals surface area contributed by atoms with Crippen LogP contribution in [-0.2, 0) is 0 Å². The Balaban J connectivity index is 2.24. The summed E-state index contributed by atoms with van der Waals surface area (Å²) in [7, 11) is 0. The average molecular weight is 294 g/mol. The van der Waals surface area contributed by atoms with Gasteiger partial charge in [-0.15, -0.1) is 0 Å². The minimum atomic E-state index is -1.20. The molecule has 1 amide bonds. The highest BCUT2D eigenvalue weighted by Gasteiger charge is 2.12. The second-order valence-electron chi connectivity index (χ2n) is 3.96. The van der Waals surface area contributed by atoms with E-state index >= 15 is 0 Å². The lowest BCUT2D eigenvalue weighted by Gasteiger charge is -2.07. The van der Waals surface area contributed by atoms with Crippen molar-refractivity contribution >= 4 is 29.2 Å². The molecule has 0 radical (unpaired) electrons. The first-order chi connectivity index (χ1) is 9.47. The van der Waals surface area contributed by atoms with Crippen molar-refractivity contribution in [1.29, 1.82) is 0 Å². The van der Waals surface area contributed by atoms with Gasteiger partial charge in [0.15, 0.2) is 0 Å². The van der Waals surface area contributed by atoms with Crippen molar-refractivity contribution < 1.29 is 19.1 Å². The third-order valence-corrected chi connectivity index (χ3v) is 2.87. The lowest BCUT2D eigenvalue weighted by atomic mass is 10.1. The number of carboxylic acids is 1. The number of aromatic carboxylic acids is 1. The first kappa shape index (κ1) is 14.0. The molecule has 0 unspecified atom stereocenters. The summed E-state index contributed by atoms with van der Waals surface area (Å²) >= 11 is 5.72. The maximum absolute atomic E-state index is 13.0. The highest BCUT2D eigenvalue weighted by molar-refractivity contribution is 6.33. The molecule has 2 N–H and O–H groups in total. The molecule has 2 rings (SSSR count). The van der Waals surface area contributed by atoms with E-state index in [2.05, 4.69) is 5.32 Å². The number of hydrogen-bond donors (Lipinski definition) is 2. The fraction of sp³-hybridized carbons (Fsp3) is 0. The molecule has 0 fully saturated rings. The van der Waals surface area contributed by atoms with Crippen LogP contribution in [0, 0.1) is 5.82 Å². The summed E-state index contributed by atoms with van der Waals surface area (Å²) in [5.74, 6) is -2.26. The van der Waals surface area contributed by atoms with E-state index in [9.17, 15) is 14.0 Å². The summed E-state index contributed by atoms with van der Waals surface area (Å²) in [5, 5.41) is 11.5.